The van der Waals surface area contributed by atoms with E-state index in [0.717, 1.165) is 19.1 Å². The van der Waals surface area contributed by atoms with Crippen LogP contribution in [0.5, 0.6) is 5.75 Å². The molecule has 0 radical (unpaired) electrons. The zero-order chi connectivity index (χ0) is 27.3. The minimum atomic E-state index is -4.94. The summed E-state index contributed by atoms with van der Waals surface area (Å²) in [6.07, 6.45) is 0.346. The quantitative estimate of drug-likeness (QED) is 0.509. The third-order valence-corrected chi connectivity index (χ3v) is 8.08. The molecule has 3 heterocycles. The topological polar surface area (TPSA) is 88.6 Å². The van der Waals surface area contributed by atoms with Crippen molar-refractivity contribution in [3.63, 3.8) is 0 Å². The third kappa shape index (κ3) is 5.79. The molecule has 1 amide bonds. The number of carbonyl (C=O) groups is 1. The number of hydrogen-bond donors (Lipinski definition) is 1. The summed E-state index contributed by atoms with van der Waals surface area (Å²) >= 11 is 5.86. The molecular weight excluding hydrogens is 538 g/mol. The summed E-state index contributed by atoms with van der Waals surface area (Å²) in [7, 11) is -3.37. The summed E-state index contributed by atoms with van der Waals surface area (Å²) in [5.41, 5.74) is -3.14. The fraction of sp³-hybridized carbons (Fsp3) is 0.500. The van der Waals surface area contributed by atoms with Crippen LogP contribution in [0.4, 0.5) is 23.4 Å². The molecule has 4 rings (SSSR count). The molecular formula is C24H26ClF4N3O4S. The number of halogens is 5. The first-order valence-electron chi connectivity index (χ1n) is 11.6. The first-order valence-corrected chi connectivity index (χ1v) is 13.8. The number of alkyl halides is 3. The van der Waals surface area contributed by atoms with Crippen LogP contribution in [-0.2, 0) is 20.8 Å². The van der Waals surface area contributed by atoms with Crippen molar-refractivity contribution in [3.05, 3.63) is 46.9 Å². The standard InChI is InChI=1S/C24H26ClF4N3O4S/c1-23(2,36-21-18(24(27,28)29)8-13(26)9-19(21)25)22(33)31-14-10-15-4-5-16(11-14)32(15)20-7-6-17(12-30-20)37(3,34)35/h6-9,12,14-16H,4-5,10-11H2,1-3H3,(H,31,33). The maximum atomic E-state index is 13.6. The number of benzene rings is 1. The third-order valence-electron chi connectivity index (χ3n) is 6.70. The van der Waals surface area contributed by atoms with Crippen LogP contribution >= 0.6 is 11.6 Å². The number of piperidine rings is 1. The van der Waals surface area contributed by atoms with Crippen molar-refractivity contribution >= 4 is 33.2 Å². The Kier molecular flexibility index (Phi) is 7.13. The number of fused-ring (bicyclic) bond motifs is 2. The van der Waals surface area contributed by atoms with Gasteiger partial charge in [-0.1, -0.05) is 11.6 Å². The van der Waals surface area contributed by atoms with Crippen molar-refractivity contribution in [1.29, 1.82) is 0 Å². The van der Waals surface area contributed by atoms with Crippen molar-refractivity contribution in [2.24, 2.45) is 0 Å². The number of ether oxygens (including phenoxy) is 1. The van der Waals surface area contributed by atoms with Gasteiger partial charge < -0.3 is 15.0 Å². The van der Waals surface area contributed by atoms with Gasteiger partial charge in [0.2, 0.25) is 0 Å². The fourth-order valence-corrected chi connectivity index (χ4v) is 5.75. The fourth-order valence-electron chi connectivity index (χ4n) is 4.95. The zero-order valence-corrected chi connectivity index (χ0v) is 21.8. The highest BCUT2D eigenvalue weighted by molar-refractivity contribution is 7.90. The highest BCUT2D eigenvalue weighted by atomic mass is 35.5. The second kappa shape index (κ2) is 9.61. The van der Waals surface area contributed by atoms with Gasteiger partial charge in [-0.3, -0.25) is 4.79 Å². The van der Waals surface area contributed by atoms with Crippen molar-refractivity contribution in [3.8, 4) is 5.75 Å². The normalized spacial score (nSPS) is 22.2. The van der Waals surface area contributed by atoms with E-state index in [-0.39, 0.29) is 29.1 Å². The largest absolute Gasteiger partial charge is 0.476 e. The van der Waals surface area contributed by atoms with Crippen molar-refractivity contribution in [1.82, 2.24) is 10.3 Å². The molecule has 0 spiro atoms. The molecule has 2 aromatic rings. The Morgan fingerprint density at radius 3 is 2.30 bits per heavy atom. The van der Waals surface area contributed by atoms with Gasteiger partial charge in [-0.05, 0) is 63.8 Å². The first kappa shape index (κ1) is 27.4. The van der Waals surface area contributed by atoms with Crippen LogP contribution in [0.3, 0.4) is 0 Å². The molecule has 0 saturated carbocycles. The average molecular weight is 564 g/mol. The van der Waals surface area contributed by atoms with Crippen molar-refractivity contribution in [2.75, 3.05) is 11.2 Å². The Labute approximate surface area is 217 Å². The molecule has 7 nitrogen and oxygen atoms in total. The van der Waals surface area contributed by atoms with Crippen molar-refractivity contribution < 1.29 is 35.5 Å². The molecule has 2 atom stereocenters. The van der Waals surface area contributed by atoms with E-state index in [1.165, 1.54) is 26.1 Å². The van der Waals surface area contributed by atoms with E-state index in [9.17, 15) is 30.8 Å². The van der Waals surface area contributed by atoms with E-state index < -0.39 is 49.7 Å². The Hall–Kier alpha value is -2.60. The van der Waals surface area contributed by atoms with Crippen LogP contribution < -0.4 is 15.0 Å². The minimum absolute atomic E-state index is 0.0491. The van der Waals surface area contributed by atoms with E-state index in [1.807, 2.05) is 0 Å². The minimum Gasteiger partial charge on any atom is -0.476 e. The molecule has 2 aliphatic heterocycles. The monoisotopic (exact) mass is 563 g/mol. The Balaban J connectivity index is 1.46. The molecule has 2 saturated heterocycles. The van der Waals surface area contributed by atoms with Crippen molar-refractivity contribution in [2.45, 2.75) is 74.3 Å². The molecule has 1 aromatic heterocycles. The molecule has 37 heavy (non-hydrogen) atoms. The number of aromatic nitrogens is 1. The molecule has 0 aliphatic carbocycles. The van der Waals surface area contributed by atoms with Gasteiger partial charge in [-0.2, -0.15) is 13.2 Å². The predicted molar refractivity (Wildman–Crippen MR) is 129 cm³/mol. The molecule has 1 N–H and O–H groups in total. The van der Waals surface area contributed by atoms with E-state index in [0.29, 0.717) is 24.7 Å². The van der Waals surface area contributed by atoms with E-state index in [1.54, 1.807) is 6.07 Å². The van der Waals surface area contributed by atoms with Crippen LogP contribution in [0.25, 0.3) is 0 Å². The molecule has 2 bridgehead atoms. The number of nitrogens with one attached hydrogen (secondary N) is 1. The Morgan fingerprint density at radius 2 is 1.78 bits per heavy atom. The van der Waals surface area contributed by atoms with Gasteiger partial charge in [-0.25, -0.2) is 17.8 Å². The number of rotatable bonds is 6. The summed E-state index contributed by atoms with van der Waals surface area (Å²) in [4.78, 5) is 19.7. The maximum absolute atomic E-state index is 13.6. The van der Waals surface area contributed by atoms with Crippen LogP contribution in [0.15, 0.2) is 35.4 Å². The van der Waals surface area contributed by atoms with E-state index >= 15 is 0 Å². The van der Waals surface area contributed by atoms with Crippen LogP contribution in [0.1, 0.15) is 45.1 Å². The molecule has 2 aliphatic rings. The number of sulfone groups is 1. The SMILES string of the molecule is CC(C)(Oc1c(Cl)cc(F)cc1C(F)(F)F)C(=O)NC1CC2CCC(C1)N2c1ccc(S(C)(=O)=O)cn1. The molecule has 1 aromatic carbocycles. The van der Waals surface area contributed by atoms with E-state index in [4.69, 9.17) is 16.3 Å². The lowest BCUT2D eigenvalue weighted by molar-refractivity contribution is -0.144. The number of pyridine rings is 1. The smallest absolute Gasteiger partial charge is 0.420 e. The highest BCUT2D eigenvalue weighted by Gasteiger charge is 2.44. The first-order chi connectivity index (χ1) is 17.1. The van der Waals surface area contributed by atoms with Gasteiger partial charge in [0.05, 0.1) is 9.92 Å². The average Bonchev–Trinajstić information content (AvgIpc) is 3.04. The summed E-state index contributed by atoms with van der Waals surface area (Å²) in [5, 5.41) is 2.29. The number of anilines is 1. The van der Waals surface area contributed by atoms with Gasteiger partial charge in [0.15, 0.2) is 21.2 Å². The highest BCUT2D eigenvalue weighted by Crippen LogP contribution is 2.43. The van der Waals surface area contributed by atoms with Gasteiger partial charge in [0.25, 0.3) is 5.91 Å². The second-order valence-corrected chi connectivity index (χ2v) is 12.4. The summed E-state index contributed by atoms with van der Waals surface area (Å²) in [6, 6.07) is 4.00. The Morgan fingerprint density at radius 1 is 1.16 bits per heavy atom. The lowest BCUT2D eigenvalue weighted by Gasteiger charge is -2.41. The molecule has 202 valence electrons. The summed E-state index contributed by atoms with van der Waals surface area (Å²) in [5.74, 6) is -1.96. The number of nitrogens with zero attached hydrogens (tertiary/aromatic N) is 2. The van der Waals surface area contributed by atoms with Gasteiger partial charge in [0.1, 0.15) is 17.2 Å². The molecule has 13 heteroatoms. The predicted octanol–water partition coefficient (Wildman–Crippen LogP) is 4.77. The maximum Gasteiger partial charge on any atom is 0.420 e. The number of hydrogen-bond acceptors (Lipinski definition) is 6. The van der Waals surface area contributed by atoms with Crippen LogP contribution in [0.2, 0.25) is 5.02 Å². The van der Waals surface area contributed by atoms with E-state index in [2.05, 4.69) is 15.2 Å². The van der Waals surface area contributed by atoms with Gasteiger partial charge >= 0.3 is 6.18 Å². The van der Waals surface area contributed by atoms with Gasteiger partial charge in [0, 0.05) is 30.6 Å². The summed E-state index contributed by atoms with van der Waals surface area (Å²) in [6.45, 7) is 2.64. The zero-order valence-electron chi connectivity index (χ0n) is 20.3. The van der Waals surface area contributed by atoms with Gasteiger partial charge in [-0.15, -0.1) is 0 Å². The number of carbonyl (C=O) groups excluding carboxylic acids is 1. The second-order valence-electron chi connectivity index (χ2n) is 9.93. The summed E-state index contributed by atoms with van der Waals surface area (Å²) < 4.78 is 82.9. The van der Waals surface area contributed by atoms with Crippen LogP contribution in [0, 0.1) is 5.82 Å². The number of amides is 1. The van der Waals surface area contributed by atoms with Crippen LogP contribution in [-0.4, -0.2) is 49.3 Å². The lowest BCUT2D eigenvalue weighted by Crippen LogP contribution is -2.55. The Bertz CT molecular complexity index is 1290. The molecule has 2 unspecified atom stereocenters. The lowest BCUT2D eigenvalue weighted by atomic mass is 9.96. The molecule has 2 fully saturated rings.